The van der Waals surface area contributed by atoms with Crippen molar-refractivity contribution in [3.05, 3.63) is 71.3 Å². The summed E-state index contributed by atoms with van der Waals surface area (Å²) >= 11 is 0. The molecule has 0 aromatic heterocycles. The quantitative estimate of drug-likeness (QED) is 0.554. The lowest BCUT2D eigenvalue weighted by atomic mass is 9.88. The summed E-state index contributed by atoms with van der Waals surface area (Å²) in [5.41, 5.74) is 3.63. The van der Waals surface area contributed by atoms with Gasteiger partial charge in [0.1, 0.15) is 12.4 Å². The Kier molecular flexibility index (Phi) is 8.06. The third-order valence-corrected chi connectivity index (χ3v) is 7.50. The number of rotatable bonds is 8. The lowest BCUT2D eigenvalue weighted by molar-refractivity contribution is -0.136. The maximum atomic E-state index is 13.2. The Bertz CT molecular complexity index is 1110. The van der Waals surface area contributed by atoms with Crippen LogP contribution in [0.1, 0.15) is 30.4 Å². The standard InChI is InChI=1S/C29H35N3O5/c1-35-28(33)27-25(22-7-10-24(11-8-22)37-20-21-5-3-2-4-6-21)19-23-9-12-26(27)32(23)29(34)30-13-14-31-15-17-36-18-16-31/h2-8,10-11,23,26H,9,12-20H2,1H3,(H,30,34)/t23-,26+/m0/s1. The minimum absolute atomic E-state index is 0.0609. The van der Waals surface area contributed by atoms with E-state index < -0.39 is 0 Å². The fourth-order valence-electron chi connectivity index (χ4n) is 5.59. The number of amides is 2. The maximum absolute atomic E-state index is 13.2. The van der Waals surface area contributed by atoms with E-state index >= 15 is 0 Å². The summed E-state index contributed by atoms with van der Waals surface area (Å²) in [7, 11) is 1.40. The summed E-state index contributed by atoms with van der Waals surface area (Å²) in [5.74, 6) is 0.406. The van der Waals surface area contributed by atoms with E-state index in [0.717, 1.165) is 68.1 Å². The monoisotopic (exact) mass is 505 g/mol. The first kappa shape index (κ1) is 25.3. The molecule has 2 bridgehead atoms. The lowest BCUT2D eigenvalue weighted by Crippen LogP contribution is -2.52. The number of fused-ring (bicyclic) bond motifs is 2. The number of ether oxygens (including phenoxy) is 3. The molecule has 0 radical (unpaired) electrons. The molecule has 8 heteroatoms. The highest BCUT2D eigenvalue weighted by atomic mass is 16.5. The molecule has 37 heavy (non-hydrogen) atoms. The van der Waals surface area contributed by atoms with E-state index in [0.29, 0.717) is 25.1 Å². The van der Waals surface area contributed by atoms with Crippen LogP contribution in [-0.4, -0.2) is 80.4 Å². The molecule has 3 aliphatic rings. The molecule has 3 aliphatic heterocycles. The van der Waals surface area contributed by atoms with E-state index in [4.69, 9.17) is 14.2 Å². The van der Waals surface area contributed by atoms with E-state index in [1.165, 1.54) is 7.11 Å². The molecule has 0 unspecified atom stereocenters. The van der Waals surface area contributed by atoms with Crippen LogP contribution in [0.3, 0.4) is 0 Å². The van der Waals surface area contributed by atoms with Crippen molar-refractivity contribution in [3.63, 3.8) is 0 Å². The molecule has 3 heterocycles. The van der Waals surface area contributed by atoms with Gasteiger partial charge in [0, 0.05) is 32.2 Å². The summed E-state index contributed by atoms with van der Waals surface area (Å²) in [5, 5.41) is 3.08. The number of carbonyl (C=O) groups is 2. The minimum atomic E-state index is -0.365. The Hall–Kier alpha value is -3.36. The summed E-state index contributed by atoms with van der Waals surface area (Å²) in [4.78, 5) is 30.3. The van der Waals surface area contributed by atoms with Gasteiger partial charge in [0.25, 0.3) is 0 Å². The van der Waals surface area contributed by atoms with Gasteiger partial charge in [-0.1, -0.05) is 42.5 Å². The number of hydrogen-bond acceptors (Lipinski definition) is 6. The van der Waals surface area contributed by atoms with Crippen LogP contribution in [-0.2, 0) is 20.9 Å². The number of methoxy groups -OCH3 is 1. The van der Waals surface area contributed by atoms with Gasteiger partial charge in [-0.3, -0.25) is 4.90 Å². The van der Waals surface area contributed by atoms with Crippen molar-refractivity contribution in [2.45, 2.75) is 38.0 Å². The van der Waals surface area contributed by atoms with Crippen molar-refractivity contribution in [1.29, 1.82) is 0 Å². The highest BCUT2D eigenvalue weighted by Crippen LogP contribution is 2.43. The largest absolute Gasteiger partial charge is 0.489 e. The van der Waals surface area contributed by atoms with E-state index in [1.54, 1.807) is 0 Å². The Morgan fingerprint density at radius 3 is 2.51 bits per heavy atom. The van der Waals surface area contributed by atoms with Crippen LogP contribution in [0, 0.1) is 0 Å². The number of esters is 1. The Labute approximate surface area is 218 Å². The molecular weight excluding hydrogens is 470 g/mol. The van der Waals surface area contributed by atoms with Crippen LogP contribution in [0.15, 0.2) is 60.2 Å². The lowest BCUT2D eigenvalue weighted by Gasteiger charge is -2.37. The first-order valence-electron chi connectivity index (χ1n) is 13.1. The van der Waals surface area contributed by atoms with E-state index in [9.17, 15) is 9.59 Å². The predicted octanol–water partition coefficient (Wildman–Crippen LogP) is 3.47. The molecule has 0 saturated carbocycles. The van der Waals surface area contributed by atoms with Crippen LogP contribution in [0.5, 0.6) is 5.75 Å². The fourth-order valence-corrected chi connectivity index (χ4v) is 5.59. The first-order chi connectivity index (χ1) is 18.1. The van der Waals surface area contributed by atoms with E-state index in [2.05, 4.69) is 10.2 Å². The second-order valence-electron chi connectivity index (χ2n) is 9.73. The second kappa shape index (κ2) is 11.8. The van der Waals surface area contributed by atoms with Gasteiger partial charge in [-0.15, -0.1) is 0 Å². The minimum Gasteiger partial charge on any atom is -0.489 e. The van der Waals surface area contributed by atoms with Gasteiger partial charge in [0.05, 0.1) is 31.9 Å². The molecule has 2 saturated heterocycles. The van der Waals surface area contributed by atoms with Gasteiger partial charge in [-0.05, 0) is 48.1 Å². The van der Waals surface area contributed by atoms with Gasteiger partial charge in [0.15, 0.2) is 0 Å². The number of morpholine rings is 1. The van der Waals surface area contributed by atoms with Crippen molar-refractivity contribution < 1.29 is 23.8 Å². The zero-order chi connectivity index (χ0) is 25.6. The van der Waals surface area contributed by atoms with Crippen molar-refractivity contribution in [2.24, 2.45) is 0 Å². The Balaban J connectivity index is 1.28. The predicted molar refractivity (Wildman–Crippen MR) is 140 cm³/mol. The molecule has 5 rings (SSSR count). The SMILES string of the molecule is COC(=O)C1=C(c2ccc(OCc3ccccc3)cc2)C[C@@H]2CC[C@H]1N2C(=O)NCCN1CCOCC1. The van der Waals surface area contributed by atoms with Crippen molar-refractivity contribution >= 4 is 17.6 Å². The zero-order valence-corrected chi connectivity index (χ0v) is 21.4. The number of nitrogens with one attached hydrogen (secondary N) is 1. The topological polar surface area (TPSA) is 80.3 Å². The third kappa shape index (κ3) is 5.81. The molecule has 0 aliphatic carbocycles. The smallest absolute Gasteiger partial charge is 0.336 e. The first-order valence-corrected chi connectivity index (χ1v) is 13.1. The molecule has 2 aromatic rings. The van der Waals surface area contributed by atoms with Crippen molar-refractivity contribution in [3.8, 4) is 5.75 Å². The van der Waals surface area contributed by atoms with E-state index in [-0.39, 0.29) is 24.1 Å². The fraction of sp³-hybridized carbons (Fsp3) is 0.448. The molecule has 2 amide bonds. The van der Waals surface area contributed by atoms with Gasteiger partial charge >= 0.3 is 12.0 Å². The average molecular weight is 506 g/mol. The molecule has 1 N–H and O–H groups in total. The molecule has 8 nitrogen and oxygen atoms in total. The van der Waals surface area contributed by atoms with Gasteiger partial charge in [-0.2, -0.15) is 0 Å². The zero-order valence-electron chi connectivity index (χ0n) is 21.4. The van der Waals surface area contributed by atoms with Crippen LogP contribution in [0.4, 0.5) is 4.79 Å². The molecular formula is C29H35N3O5. The second-order valence-corrected chi connectivity index (χ2v) is 9.73. The third-order valence-electron chi connectivity index (χ3n) is 7.50. The van der Waals surface area contributed by atoms with Crippen molar-refractivity contribution in [1.82, 2.24) is 15.1 Å². The number of urea groups is 1. The van der Waals surface area contributed by atoms with Crippen LogP contribution in [0.25, 0.3) is 5.57 Å². The highest BCUT2D eigenvalue weighted by Gasteiger charge is 2.46. The number of hydrogen-bond donors (Lipinski definition) is 1. The molecule has 196 valence electrons. The molecule has 2 atom stereocenters. The van der Waals surface area contributed by atoms with Gasteiger partial charge < -0.3 is 24.4 Å². The molecule has 2 aromatic carbocycles. The number of benzene rings is 2. The summed E-state index contributed by atoms with van der Waals surface area (Å²) in [6.45, 7) is 5.11. The Morgan fingerprint density at radius 1 is 1.03 bits per heavy atom. The average Bonchev–Trinajstić information content (AvgIpc) is 3.26. The molecule has 2 fully saturated rings. The van der Waals surface area contributed by atoms with Crippen LogP contribution < -0.4 is 10.1 Å². The Morgan fingerprint density at radius 2 is 1.78 bits per heavy atom. The maximum Gasteiger partial charge on any atom is 0.336 e. The summed E-state index contributed by atoms with van der Waals surface area (Å²) < 4.78 is 16.5. The normalized spacial score (nSPS) is 21.6. The van der Waals surface area contributed by atoms with Gasteiger partial charge in [0.2, 0.25) is 0 Å². The number of nitrogens with zero attached hydrogens (tertiary/aromatic N) is 2. The van der Waals surface area contributed by atoms with Gasteiger partial charge in [-0.25, -0.2) is 9.59 Å². The van der Waals surface area contributed by atoms with Crippen molar-refractivity contribution in [2.75, 3.05) is 46.5 Å². The molecule has 0 spiro atoms. The highest BCUT2D eigenvalue weighted by molar-refractivity contribution is 6.01. The van der Waals surface area contributed by atoms with Crippen LogP contribution in [0.2, 0.25) is 0 Å². The summed E-state index contributed by atoms with van der Waals surface area (Å²) in [6.07, 6.45) is 2.25. The number of carbonyl (C=O) groups excluding carboxylic acids is 2. The van der Waals surface area contributed by atoms with E-state index in [1.807, 2.05) is 59.5 Å². The summed E-state index contributed by atoms with van der Waals surface area (Å²) in [6, 6.07) is 17.6. The van der Waals surface area contributed by atoms with Crippen LogP contribution >= 0.6 is 0 Å².